The molecule has 25 heavy (non-hydrogen) atoms. The fourth-order valence-corrected chi connectivity index (χ4v) is 5.16. The van der Waals surface area contributed by atoms with Crippen molar-refractivity contribution in [1.82, 2.24) is 14.8 Å². The SMILES string of the molecule is Cc1ccc2[nH]c(CN3CCN(C4CCSCC4)CC3)cc(=O)c2c1. The van der Waals surface area contributed by atoms with E-state index in [1.807, 2.05) is 19.1 Å². The maximum atomic E-state index is 12.4. The summed E-state index contributed by atoms with van der Waals surface area (Å²) < 4.78 is 0. The molecule has 4 nitrogen and oxygen atoms in total. The van der Waals surface area contributed by atoms with Gasteiger partial charge >= 0.3 is 0 Å². The number of H-pyrrole nitrogens is 1. The molecular formula is C20H27N3OS. The van der Waals surface area contributed by atoms with E-state index in [1.165, 1.54) is 24.3 Å². The van der Waals surface area contributed by atoms with Gasteiger partial charge in [0.2, 0.25) is 0 Å². The highest BCUT2D eigenvalue weighted by molar-refractivity contribution is 7.99. The molecule has 134 valence electrons. The zero-order valence-electron chi connectivity index (χ0n) is 15.0. The highest BCUT2D eigenvalue weighted by Crippen LogP contribution is 2.23. The van der Waals surface area contributed by atoms with Crippen LogP contribution in [-0.2, 0) is 6.54 Å². The molecule has 0 radical (unpaired) electrons. The van der Waals surface area contributed by atoms with Gasteiger partial charge in [0.1, 0.15) is 0 Å². The molecule has 0 bridgehead atoms. The smallest absolute Gasteiger partial charge is 0.189 e. The van der Waals surface area contributed by atoms with Crippen molar-refractivity contribution in [3.8, 4) is 0 Å². The topological polar surface area (TPSA) is 39.3 Å². The molecule has 2 aliphatic rings. The Bertz CT molecular complexity index is 789. The van der Waals surface area contributed by atoms with Gasteiger partial charge in [0.25, 0.3) is 0 Å². The first-order valence-electron chi connectivity index (χ1n) is 9.36. The normalized spacial score (nSPS) is 21.0. The molecule has 2 fully saturated rings. The first-order chi connectivity index (χ1) is 12.2. The van der Waals surface area contributed by atoms with Crippen LogP contribution in [0.25, 0.3) is 10.9 Å². The number of fused-ring (bicyclic) bond motifs is 1. The lowest BCUT2D eigenvalue weighted by Crippen LogP contribution is -2.50. The summed E-state index contributed by atoms with van der Waals surface area (Å²) in [7, 11) is 0. The van der Waals surface area contributed by atoms with Crippen LogP contribution in [0, 0.1) is 6.92 Å². The van der Waals surface area contributed by atoms with E-state index in [2.05, 4.69) is 32.6 Å². The molecule has 0 atom stereocenters. The van der Waals surface area contributed by atoms with Crippen LogP contribution >= 0.6 is 11.8 Å². The average molecular weight is 358 g/mol. The molecule has 0 aliphatic carbocycles. The summed E-state index contributed by atoms with van der Waals surface area (Å²) >= 11 is 2.10. The van der Waals surface area contributed by atoms with E-state index >= 15 is 0 Å². The van der Waals surface area contributed by atoms with Crippen LogP contribution in [0.4, 0.5) is 0 Å². The number of pyridine rings is 1. The van der Waals surface area contributed by atoms with Crippen molar-refractivity contribution in [3.05, 3.63) is 45.7 Å². The Morgan fingerprint density at radius 2 is 1.88 bits per heavy atom. The lowest BCUT2D eigenvalue weighted by atomic mass is 10.1. The van der Waals surface area contributed by atoms with Crippen LogP contribution in [0.5, 0.6) is 0 Å². The number of nitrogens with zero attached hydrogens (tertiary/aromatic N) is 2. The Morgan fingerprint density at radius 1 is 1.12 bits per heavy atom. The minimum atomic E-state index is 0.130. The maximum absolute atomic E-state index is 12.4. The number of piperazine rings is 1. The van der Waals surface area contributed by atoms with Crippen molar-refractivity contribution in [1.29, 1.82) is 0 Å². The third-order valence-corrected chi connectivity index (χ3v) is 6.60. The first-order valence-corrected chi connectivity index (χ1v) is 10.5. The van der Waals surface area contributed by atoms with Crippen molar-refractivity contribution >= 4 is 22.7 Å². The van der Waals surface area contributed by atoms with Crippen molar-refractivity contribution in [2.24, 2.45) is 0 Å². The summed E-state index contributed by atoms with van der Waals surface area (Å²) in [6.45, 7) is 7.37. The molecular weight excluding hydrogens is 330 g/mol. The molecule has 5 heteroatoms. The van der Waals surface area contributed by atoms with E-state index in [4.69, 9.17) is 0 Å². The molecule has 0 saturated carbocycles. The minimum Gasteiger partial charge on any atom is -0.357 e. The van der Waals surface area contributed by atoms with E-state index in [0.717, 1.165) is 60.9 Å². The highest BCUT2D eigenvalue weighted by Gasteiger charge is 2.25. The van der Waals surface area contributed by atoms with Crippen molar-refractivity contribution in [2.75, 3.05) is 37.7 Å². The summed E-state index contributed by atoms with van der Waals surface area (Å²) in [6, 6.07) is 8.64. The number of aromatic nitrogens is 1. The molecule has 1 aromatic heterocycles. The van der Waals surface area contributed by atoms with Gasteiger partial charge in [-0.25, -0.2) is 0 Å². The van der Waals surface area contributed by atoms with Crippen LogP contribution in [0.15, 0.2) is 29.1 Å². The van der Waals surface area contributed by atoms with E-state index in [9.17, 15) is 4.79 Å². The third kappa shape index (κ3) is 3.94. The lowest BCUT2D eigenvalue weighted by molar-refractivity contribution is 0.0873. The van der Waals surface area contributed by atoms with Gasteiger partial charge in [-0.3, -0.25) is 14.6 Å². The van der Waals surface area contributed by atoms with Gasteiger partial charge in [0.15, 0.2) is 5.43 Å². The fourth-order valence-electron chi connectivity index (χ4n) is 4.08. The predicted octanol–water partition coefficient (Wildman–Crippen LogP) is 2.85. The molecule has 4 rings (SSSR count). The van der Waals surface area contributed by atoms with Crippen LogP contribution in [0.1, 0.15) is 24.1 Å². The van der Waals surface area contributed by atoms with Crippen molar-refractivity contribution in [2.45, 2.75) is 32.4 Å². The lowest BCUT2D eigenvalue weighted by Gasteiger charge is -2.40. The van der Waals surface area contributed by atoms with Gasteiger partial charge in [-0.15, -0.1) is 0 Å². The Hall–Kier alpha value is -1.30. The Kier molecular flexibility index (Phi) is 5.15. The average Bonchev–Trinajstić information content (AvgIpc) is 2.64. The second-order valence-electron chi connectivity index (χ2n) is 7.36. The highest BCUT2D eigenvalue weighted by atomic mass is 32.2. The number of benzene rings is 1. The molecule has 0 spiro atoms. The second-order valence-corrected chi connectivity index (χ2v) is 8.59. The number of thioether (sulfide) groups is 1. The van der Waals surface area contributed by atoms with E-state index in [0.29, 0.717) is 0 Å². The zero-order valence-corrected chi connectivity index (χ0v) is 15.8. The maximum Gasteiger partial charge on any atom is 0.189 e. The molecule has 3 heterocycles. The molecule has 2 aliphatic heterocycles. The fraction of sp³-hybridized carbons (Fsp3) is 0.550. The van der Waals surface area contributed by atoms with Gasteiger partial charge in [0.05, 0.1) is 0 Å². The van der Waals surface area contributed by atoms with Gasteiger partial charge in [-0.05, 0) is 43.4 Å². The van der Waals surface area contributed by atoms with E-state index < -0.39 is 0 Å². The number of nitrogens with one attached hydrogen (secondary N) is 1. The third-order valence-electron chi connectivity index (χ3n) is 5.55. The van der Waals surface area contributed by atoms with Gasteiger partial charge in [0, 0.05) is 61.4 Å². The number of aryl methyl sites for hydroxylation is 1. The number of hydrogen-bond donors (Lipinski definition) is 1. The Labute approximate surface area is 153 Å². The summed E-state index contributed by atoms with van der Waals surface area (Å²) in [5, 5.41) is 0.795. The van der Waals surface area contributed by atoms with Crippen LogP contribution < -0.4 is 5.43 Å². The predicted molar refractivity (Wildman–Crippen MR) is 107 cm³/mol. The number of hydrogen-bond acceptors (Lipinski definition) is 4. The van der Waals surface area contributed by atoms with Crippen molar-refractivity contribution < 1.29 is 0 Å². The minimum absolute atomic E-state index is 0.130. The molecule has 2 saturated heterocycles. The van der Waals surface area contributed by atoms with Crippen LogP contribution in [0.3, 0.4) is 0 Å². The van der Waals surface area contributed by atoms with E-state index in [-0.39, 0.29) is 5.43 Å². The molecule has 1 N–H and O–H groups in total. The largest absolute Gasteiger partial charge is 0.357 e. The summed E-state index contributed by atoms with van der Waals surface area (Å²) in [5.74, 6) is 2.64. The first kappa shape index (κ1) is 17.1. The van der Waals surface area contributed by atoms with Gasteiger partial charge in [-0.1, -0.05) is 11.6 Å². The van der Waals surface area contributed by atoms with Gasteiger partial charge in [-0.2, -0.15) is 11.8 Å². The zero-order chi connectivity index (χ0) is 17.2. The Morgan fingerprint density at radius 3 is 2.64 bits per heavy atom. The van der Waals surface area contributed by atoms with Crippen LogP contribution in [-0.4, -0.2) is 58.5 Å². The van der Waals surface area contributed by atoms with Crippen molar-refractivity contribution in [3.63, 3.8) is 0 Å². The van der Waals surface area contributed by atoms with Crippen LogP contribution in [0.2, 0.25) is 0 Å². The summed E-state index contributed by atoms with van der Waals surface area (Å²) in [5.41, 5.74) is 3.24. The quantitative estimate of drug-likeness (QED) is 0.917. The monoisotopic (exact) mass is 357 g/mol. The molecule has 0 unspecified atom stereocenters. The molecule has 2 aromatic rings. The number of aromatic amines is 1. The molecule has 0 amide bonds. The van der Waals surface area contributed by atoms with E-state index in [1.54, 1.807) is 6.07 Å². The summed E-state index contributed by atoms with van der Waals surface area (Å²) in [6.07, 6.45) is 2.70. The Balaban J connectivity index is 1.40. The number of rotatable bonds is 3. The second kappa shape index (κ2) is 7.52. The summed E-state index contributed by atoms with van der Waals surface area (Å²) in [4.78, 5) is 21.0. The molecule has 1 aromatic carbocycles. The van der Waals surface area contributed by atoms with Gasteiger partial charge < -0.3 is 4.98 Å². The standard InChI is InChI=1S/C20H27N3OS/c1-15-2-3-19-18(12-15)20(24)13-16(21-19)14-22-6-8-23(9-7-22)17-4-10-25-11-5-17/h2-3,12-13,17H,4-11,14H2,1H3,(H,21,24).